The molecule has 26 heavy (non-hydrogen) atoms. The minimum absolute atomic E-state index is 0.0240. The molecule has 0 bridgehead atoms. The maximum absolute atomic E-state index is 13.2. The number of nitrogens with one attached hydrogen (secondary N) is 2. The van der Waals surface area contributed by atoms with E-state index in [9.17, 15) is 4.39 Å². The Labute approximate surface area is 150 Å². The summed E-state index contributed by atoms with van der Waals surface area (Å²) in [5.74, 6) is 0.894. The van der Waals surface area contributed by atoms with Crippen LogP contribution < -0.4 is 5.43 Å². The number of fused-ring (bicyclic) bond motifs is 1. The quantitative estimate of drug-likeness (QED) is 0.745. The number of ether oxygens (including phenoxy) is 1. The van der Waals surface area contributed by atoms with E-state index in [0.717, 1.165) is 27.7 Å². The number of rotatable bonds is 3. The third-order valence-corrected chi connectivity index (χ3v) is 5.29. The molecule has 1 unspecified atom stereocenters. The summed E-state index contributed by atoms with van der Waals surface area (Å²) < 4.78 is 19.3. The molecule has 0 radical (unpaired) electrons. The summed E-state index contributed by atoms with van der Waals surface area (Å²) >= 11 is 0. The van der Waals surface area contributed by atoms with Crippen LogP contribution in [0.5, 0.6) is 0 Å². The molecule has 1 saturated carbocycles. The molecule has 1 fully saturated rings. The lowest BCUT2D eigenvalue weighted by atomic mass is 10.1. The highest BCUT2D eigenvalue weighted by Crippen LogP contribution is 2.31. The van der Waals surface area contributed by atoms with Crippen LogP contribution in [0.25, 0.3) is 22.2 Å². The van der Waals surface area contributed by atoms with Crippen molar-refractivity contribution < 1.29 is 9.13 Å². The lowest BCUT2D eigenvalue weighted by Crippen LogP contribution is -2.29. The van der Waals surface area contributed by atoms with Gasteiger partial charge in [0.2, 0.25) is 5.90 Å². The summed E-state index contributed by atoms with van der Waals surface area (Å²) in [6.07, 6.45) is 4.89. The lowest BCUT2D eigenvalue weighted by molar-refractivity contribution is 0.120. The Hall–Kier alpha value is -2.89. The highest BCUT2D eigenvalue weighted by Gasteiger charge is 2.31. The predicted octanol–water partition coefficient (Wildman–Crippen LogP) is 4.17. The number of halogens is 1. The number of nitrogens with zero attached hydrogens (tertiary/aromatic N) is 2. The minimum Gasteiger partial charge on any atom is -0.451 e. The summed E-state index contributed by atoms with van der Waals surface area (Å²) in [5, 5.41) is 12.8. The first kappa shape index (κ1) is 15.4. The average Bonchev–Trinajstić information content (AvgIpc) is 3.41. The highest BCUT2D eigenvalue weighted by molar-refractivity contribution is 6.01. The Morgan fingerprint density at radius 2 is 1.77 bits per heavy atom. The van der Waals surface area contributed by atoms with Gasteiger partial charge in [-0.3, -0.25) is 10.5 Å². The molecule has 1 aliphatic carbocycles. The van der Waals surface area contributed by atoms with E-state index >= 15 is 0 Å². The van der Waals surface area contributed by atoms with Crippen LogP contribution in [0.1, 0.15) is 31.2 Å². The van der Waals surface area contributed by atoms with Gasteiger partial charge in [0.05, 0.1) is 11.2 Å². The zero-order valence-corrected chi connectivity index (χ0v) is 14.2. The number of aromatic nitrogens is 2. The highest BCUT2D eigenvalue weighted by atomic mass is 19.1. The van der Waals surface area contributed by atoms with Crippen LogP contribution >= 0.6 is 0 Å². The maximum atomic E-state index is 13.2. The molecule has 5 rings (SSSR count). The van der Waals surface area contributed by atoms with Crippen molar-refractivity contribution in [1.29, 1.82) is 0 Å². The van der Waals surface area contributed by atoms with Crippen LogP contribution in [0.4, 0.5) is 4.39 Å². The van der Waals surface area contributed by atoms with Gasteiger partial charge in [0, 0.05) is 22.4 Å². The number of H-pyrrole nitrogens is 1. The van der Waals surface area contributed by atoms with Crippen molar-refractivity contribution in [1.82, 2.24) is 15.6 Å². The van der Waals surface area contributed by atoms with Gasteiger partial charge in [-0.25, -0.2) is 4.39 Å². The Morgan fingerprint density at radius 3 is 2.58 bits per heavy atom. The van der Waals surface area contributed by atoms with Crippen LogP contribution in [0.15, 0.2) is 47.6 Å². The van der Waals surface area contributed by atoms with Gasteiger partial charge in [-0.2, -0.15) is 5.10 Å². The molecular formula is C20H19FN4O. The normalized spacial score (nSPS) is 20.2. The molecule has 2 heterocycles. The molecule has 2 aromatic carbocycles. The van der Waals surface area contributed by atoms with Crippen LogP contribution in [0, 0.1) is 11.7 Å². The minimum atomic E-state index is -0.257. The van der Waals surface area contributed by atoms with E-state index in [1.54, 1.807) is 12.1 Å². The number of hydrazone groups is 1. The van der Waals surface area contributed by atoms with E-state index in [2.05, 4.69) is 20.7 Å². The van der Waals surface area contributed by atoms with Crippen molar-refractivity contribution in [3.05, 3.63) is 53.8 Å². The van der Waals surface area contributed by atoms with Gasteiger partial charge in [0.25, 0.3) is 0 Å². The van der Waals surface area contributed by atoms with Gasteiger partial charge in [0.1, 0.15) is 5.82 Å². The average molecular weight is 350 g/mol. The fourth-order valence-electron chi connectivity index (χ4n) is 3.86. The maximum Gasteiger partial charge on any atom is 0.240 e. The summed E-state index contributed by atoms with van der Waals surface area (Å²) in [7, 11) is 0. The fraction of sp³-hybridized carbons (Fsp3) is 0.300. The molecule has 2 aliphatic rings. The van der Waals surface area contributed by atoms with Crippen molar-refractivity contribution in [2.75, 3.05) is 0 Å². The molecule has 5 nitrogen and oxygen atoms in total. The van der Waals surface area contributed by atoms with E-state index in [4.69, 9.17) is 4.74 Å². The topological polar surface area (TPSA) is 62.3 Å². The van der Waals surface area contributed by atoms with E-state index in [1.165, 1.54) is 37.8 Å². The van der Waals surface area contributed by atoms with Crippen molar-refractivity contribution in [3.63, 3.8) is 0 Å². The number of benzene rings is 2. The third-order valence-electron chi connectivity index (χ3n) is 5.29. The van der Waals surface area contributed by atoms with Gasteiger partial charge >= 0.3 is 0 Å². The SMILES string of the molecule is Fc1ccc(-c2n[nH]c3ccc(C4=NNC(C5CCCC5)O4)cc23)cc1. The Bertz CT molecular complexity index is 973. The third kappa shape index (κ3) is 2.62. The van der Waals surface area contributed by atoms with E-state index in [0.29, 0.717) is 11.8 Å². The Morgan fingerprint density at radius 1 is 1.00 bits per heavy atom. The first-order valence-corrected chi connectivity index (χ1v) is 9.02. The molecule has 1 aliphatic heterocycles. The van der Waals surface area contributed by atoms with Crippen molar-refractivity contribution in [2.45, 2.75) is 31.9 Å². The summed E-state index contributed by atoms with van der Waals surface area (Å²) in [5.41, 5.74) is 6.64. The fourth-order valence-corrected chi connectivity index (χ4v) is 3.86. The molecule has 6 heteroatoms. The molecule has 132 valence electrons. The standard InChI is InChI=1S/C20H19FN4O/c21-15-8-5-12(6-9-15)18-16-11-14(7-10-17(16)22-23-18)20-25-24-19(26-20)13-3-1-2-4-13/h5-11,13,19,24H,1-4H2,(H,22,23). The van der Waals surface area contributed by atoms with E-state index < -0.39 is 0 Å². The monoisotopic (exact) mass is 350 g/mol. The predicted molar refractivity (Wildman–Crippen MR) is 98.0 cm³/mol. The summed E-state index contributed by atoms with van der Waals surface area (Å²) in [6.45, 7) is 0. The zero-order valence-electron chi connectivity index (χ0n) is 14.2. The first-order chi connectivity index (χ1) is 12.8. The Kier molecular flexibility index (Phi) is 3.62. The van der Waals surface area contributed by atoms with Crippen LogP contribution in [-0.2, 0) is 4.74 Å². The van der Waals surface area contributed by atoms with Crippen LogP contribution in [-0.4, -0.2) is 22.3 Å². The van der Waals surface area contributed by atoms with Crippen LogP contribution in [0.2, 0.25) is 0 Å². The van der Waals surface area contributed by atoms with Gasteiger partial charge in [-0.05, 0) is 55.3 Å². The number of hydrogen-bond acceptors (Lipinski definition) is 4. The van der Waals surface area contributed by atoms with Gasteiger partial charge < -0.3 is 4.74 Å². The smallest absolute Gasteiger partial charge is 0.240 e. The van der Waals surface area contributed by atoms with Crippen molar-refractivity contribution >= 4 is 16.8 Å². The molecule has 1 aromatic heterocycles. The van der Waals surface area contributed by atoms with E-state index in [-0.39, 0.29) is 12.0 Å². The number of hydrogen-bond donors (Lipinski definition) is 2. The zero-order chi connectivity index (χ0) is 17.5. The lowest BCUT2D eigenvalue weighted by Gasteiger charge is -2.17. The number of aromatic amines is 1. The summed E-state index contributed by atoms with van der Waals surface area (Å²) in [6, 6.07) is 12.3. The molecule has 0 spiro atoms. The summed E-state index contributed by atoms with van der Waals surface area (Å²) in [4.78, 5) is 0. The van der Waals surface area contributed by atoms with Gasteiger partial charge in [-0.15, -0.1) is 5.10 Å². The molecule has 0 amide bonds. The van der Waals surface area contributed by atoms with E-state index in [1.807, 2.05) is 18.2 Å². The largest absolute Gasteiger partial charge is 0.451 e. The molecule has 2 N–H and O–H groups in total. The second kappa shape index (κ2) is 6.12. The first-order valence-electron chi connectivity index (χ1n) is 9.02. The Balaban J connectivity index is 1.46. The van der Waals surface area contributed by atoms with Gasteiger partial charge in [-0.1, -0.05) is 12.8 Å². The van der Waals surface area contributed by atoms with Crippen molar-refractivity contribution in [3.8, 4) is 11.3 Å². The molecular weight excluding hydrogens is 331 g/mol. The molecule has 0 saturated heterocycles. The molecule has 3 aromatic rings. The second-order valence-electron chi connectivity index (χ2n) is 6.97. The second-order valence-corrected chi connectivity index (χ2v) is 6.97. The van der Waals surface area contributed by atoms with Crippen molar-refractivity contribution in [2.24, 2.45) is 11.0 Å². The van der Waals surface area contributed by atoms with Crippen LogP contribution in [0.3, 0.4) is 0 Å². The van der Waals surface area contributed by atoms with Gasteiger partial charge in [0.15, 0.2) is 6.23 Å². The molecule has 1 atom stereocenters.